The summed E-state index contributed by atoms with van der Waals surface area (Å²) in [7, 11) is -9.92. The van der Waals surface area contributed by atoms with Crippen molar-refractivity contribution in [2.45, 2.75) is 414 Å². The van der Waals surface area contributed by atoms with Crippen molar-refractivity contribution >= 4 is 39.5 Å². The Morgan fingerprint density at radius 1 is 0.289 bits per heavy atom. The number of ether oxygens (including phenoxy) is 4. The molecule has 3 unspecified atom stereocenters. The number of carbonyl (C=O) groups excluding carboxylic acids is 4. The van der Waals surface area contributed by atoms with Crippen molar-refractivity contribution in [1.29, 1.82) is 0 Å². The average molecular weight is 1420 g/mol. The maximum Gasteiger partial charge on any atom is 0.472 e. The molecule has 0 aromatic carbocycles. The fraction of sp³-hybridized carbons (Fsp3) is 0.949. The molecular formula is C78H152O17P2. The van der Waals surface area contributed by atoms with E-state index in [9.17, 15) is 43.2 Å². The number of phosphoric ester groups is 2. The van der Waals surface area contributed by atoms with Crippen molar-refractivity contribution in [2.75, 3.05) is 39.6 Å². The van der Waals surface area contributed by atoms with Gasteiger partial charge in [0, 0.05) is 25.7 Å². The lowest BCUT2D eigenvalue weighted by Crippen LogP contribution is -2.30. The molecule has 19 heteroatoms. The van der Waals surface area contributed by atoms with Crippen LogP contribution in [0.1, 0.15) is 396 Å². The maximum atomic E-state index is 13.1. The molecule has 0 amide bonds. The smallest absolute Gasteiger partial charge is 0.462 e. The Kier molecular flexibility index (Phi) is 65.9. The first-order valence-corrected chi connectivity index (χ1v) is 43.2. The fourth-order valence-corrected chi connectivity index (χ4v) is 13.5. The van der Waals surface area contributed by atoms with Crippen molar-refractivity contribution < 1.29 is 80.2 Å². The molecule has 0 saturated heterocycles. The third-order valence-electron chi connectivity index (χ3n) is 18.4. The van der Waals surface area contributed by atoms with Crippen LogP contribution in [-0.4, -0.2) is 96.7 Å². The van der Waals surface area contributed by atoms with Gasteiger partial charge in [-0.2, -0.15) is 0 Å². The SMILES string of the molecule is CCC(C)CCCCCCCCCCCCCCCCC(=O)O[C@H](COC(=O)CCCCCCCCC(C)C)COP(=O)(O)OC[C@H](O)COP(=O)(O)OC[C@@H](COC(=O)CCCCCCCCCCCCCCCCCC(C)C)OC(=O)CCCCCCCCCCCC(C)C. The molecule has 0 heterocycles. The number of esters is 4. The van der Waals surface area contributed by atoms with Crippen LogP contribution in [0.2, 0.25) is 0 Å². The lowest BCUT2D eigenvalue weighted by Gasteiger charge is -2.21. The first-order chi connectivity index (χ1) is 46.6. The number of hydrogen-bond donors (Lipinski definition) is 3. The highest BCUT2D eigenvalue weighted by molar-refractivity contribution is 7.47. The van der Waals surface area contributed by atoms with E-state index in [0.29, 0.717) is 31.6 Å². The minimum atomic E-state index is -4.96. The molecule has 0 spiro atoms. The molecular weight excluding hydrogens is 1270 g/mol. The zero-order valence-electron chi connectivity index (χ0n) is 63.7. The standard InChI is InChI=1S/C78H152O17P2/c1-9-71(8)57-49-41-32-26-20-16-13-14-18-22-28-34-44-52-60-77(82)95-74(65-89-76(81)59-51-43-37-36-40-48-56-70(6)7)67-93-97(86,87)91-63-72(79)62-90-96(84,85)92-66-73(94-78(83)61-53-45-35-29-23-25-31-39-47-55-69(4)5)64-88-75(80)58-50-42-33-27-21-17-12-10-11-15-19-24-30-38-46-54-68(2)3/h68-74,79H,9-67H2,1-8H3,(H,84,85)(H,86,87)/t71?,72-,73-,74-/m1/s1. The lowest BCUT2D eigenvalue weighted by atomic mass is 9.99. The van der Waals surface area contributed by atoms with Gasteiger partial charge in [-0.15, -0.1) is 0 Å². The van der Waals surface area contributed by atoms with Crippen molar-refractivity contribution in [1.82, 2.24) is 0 Å². The Balaban J connectivity index is 5.19. The summed E-state index contributed by atoms with van der Waals surface area (Å²) in [5.74, 6) is 0.947. The van der Waals surface area contributed by atoms with E-state index in [4.69, 9.17) is 37.0 Å². The van der Waals surface area contributed by atoms with E-state index in [-0.39, 0.29) is 25.7 Å². The maximum absolute atomic E-state index is 13.1. The Bertz CT molecular complexity index is 1900. The third kappa shape index (κ3) is 70.9. The number of unbranched alkanes of at least 4 members (excludes halogenated alkanes) is 40. The van der Waals surface area contributed by atoms with E-state index in [2.05, 4.69) is 55.4 Å². The average Bonchev–Trinajstić information content (AvgIpc) is 1.48. The number of rotatable bonds is 75. The zero-order valence-corrected chi connectivity index (χ0v) is 65.5. The predicted octanol–water partition coefficient (Wildman–Crippen LogP) is 22.8. The molecule has 0 rings (SSSR count). The van der Waals surface area contributed by atoms with Crippen LogP contribution in [0, 0.1) is 23.7 Å². The van der Waals surface area contributed by atoms with Gasteiger partial charge in [0.15, 0.2) is 12.2 Å². The summed E-state index contributed by atoms with van der Waals surface area (Å²) in [4.78, 5) is 72.8. The number of carbonyl (C=O) groups is 4. The van der Waals surface area contributed by atoms with E-state index >= 15 is 0 Å². The molecule has 0 fully saturated rings. The van der Waals surface area contributed by atoms with Crippen molar-refractivity contribution in [3.05, 3.63) is 0 Å². The van der Waals surface area contributed by atoms with Crippen LogP contribution >= 0.6 is 15.6 Å². The third-order valence-corrected chi connectivity index (χ3v) is 20.3. The van der Waals surface area contributed by atoms with Crippen LogP contribution in [0.15, 0.2) is 0 Å². The van der Waals surface area contributed by atoms with E-state index in [1.807, 2.05) is 0 Å². The lowest BCUT2D eigenvalue weighted by molar-refractivity contribution is -0.161. The molecule has 6 atom stereocenters. The van der Waals surface area contributed by atoms with Gasteiger partial charge < -0.3 is 33.8 Å². The minimum Gasteiger partial charge on any atom is -0.462 e. The molecule has 0 aliphatic rings. The molecule has 0 saturated carbocycles. The topological polar surface area (TPSA) is 237 Å². The number of aliphatic hydroxyl groups excluding tert-OH is 1. The molecule has 0 aromatic rings. The van der Waals surface area contributed by atoms with Crippen molar-refractivity contribution in [3.8, 4) is 0 Å². The summed E-state index contributed by atoms with van der Waals surface area (Å²) in [6, 6.07) is 0. The number of hydrogen-bond acceptors (Lipinski definition) is 15. The summed E-state index contributed by atoms with van der Waals surface area (Å²) in [5.41, 5.74) is 0. The van der Waals surface area contributed by atoms with Gasteiger partial charge in [0.1, 0.15) is 19.3 Å². The Labute approximate surface area is 594 Å². The van der Waals surface area contributed by atoms with E-state index in [1.165, 1.54) is 193 Å². The number of aliphatic hydroxyl groups is 1. The highest BCUT2D eigenvalue weighted by atomic mass is 31.2. The van der Waals surface area contributed by atoms with Gasteiger partial charge in [0.2, 0.25) is 0 Å². The highest BCUT2D eigenvalue weighted by Gasteiger charge is 2.30. The van der Waals surface area contributed by atoms with Crippen molar-refractivity contribution in [3.63, 3.8) is 0 Å². The van der Waals surface area contributed by atoms with Crippen LogP contribution in [0.5, 0.6) is 0 Å². The normalized spacial score (nSPS) is 14.4. The fourth-order valence-electron chi connectivity index (χ4n) is 11.9. The van der Waals surface area contributed by atoms with Gasteiger partial charge >= 0.3 is 39.5 Å². The monoisotopic (exact) mass is 1420 g/mol. The van der Waals surface area contributed by atoms with Gasteiger partial charge in [-0.3, -0.25) is 37.3 Å². The van der Waals surface area contributed by atoms with Gasteiger partial charge in [0.25, 0.3) is 0 Å². The van der Waals surface area contributed by atoms with Gasteiger partial charge in [0.05, 0.1) is 26.4 Å². The second-order valence-corrected chi connectivity index (χ2v) is 32.7. The summed E-state index contributed by atoms with van der Waals surface area (Å²) in [5, 5.41) is 10.6. The Morgan fingerprint density at radius 3 is 0.732 bits per heavy atom. The van der Waals surface area contributed by atoms with Crippen LogP contribution in [0.4, 0.5) is 0 Å². The predicted molar refractivity (Wildman–Crippen MR) is 395 cm³/mol. The molecule has 3 N–H and O–H groups in total. The van der Waals surface area contributed by atoms with Crippen LogP contribution < -0.4 is 0 Å². The number of phosphoric acid groups is 2. The molecule has 576 valence electrons. The molecule has 0 aromatic heterocycles. The summed E-state index contributed by atoms with van der Waals surface area (Å²) >= 11 is 0. The van der Waals surface area contributed by atoms with Crippen LogP contribution in [0.25, 0.3) is 0 Å². The second kappa shape index (κ2) is 67.2. The Morgan fingerprint density at radius 2 is 0.495 bits per heavy atom. The molecule has 0 aliphatic carbocycles. The highest BCUT2D eigenvalue weighted by Crippen LogP contribution is 2.45. The zero-order chi connectivity index (χ0) is 71.7. The van der Waals surface area contributed by atoms with Crippen LogP contribution in [-0.2, 0) is 65.4 Å². The van der Waals surface area contributed by atoms with Crippen molar-refractivity contribution in [2.24, 2.45) is 23.7 Å². The molecule has 0 radical (unpaired) electrons. The quantitative estimate of drug-likeness (QED) is 0.0222. The molecule has 0 aliphatic heterocycles. The second-order valence-electron chi connectivity index (χ2n) is 29.8. The summed E-state index contributed by atoms with van der Waals surface area (Å²) in [6.45, 7) is 14.2. The summed E-state index contributed by atoms with van der Waals surface area (Å²) in [6.07, 6.45) is 52.9. The van der Waals surface area contributed by atoms with Gasteiger partial charge in [-0.25, -0.2) is 9.13 Å². The van der Waals surface area contributed by atoms with Gasteiger partial charge in [-0.05, 0) is 49.4 Å². The van der Waals surface area contributed by atoms with E-state index < -0.39 is 97.5 Å². The largest absolute Gasteiger partial charge is 0.472 e. The van der Waals surface area contributed by atoms with E-state index in [0.717, 1.165) is 114 Å². The Hall–Kier alpha value is -1.94. The first-order valence-electron chi connectivity index (χ1n) is 40.2. The molecule has 0 bridgehead atoms. The first kappa shape index (κ1) is 95.1. The van der Waals surface area contributed by atoms with Gasteiger partial charge in [-0.1, -0.05) is 344 Å². The molecule has 17 nitrogen and oxygen atoms in total. The van der Waals surface area contributed by atoms with E-state index in [1.54, 1.807) is 0 Å². The summed E-state index contributed by atoms with van der Waals surface area (Å²) < 4.78 is 68.6. The molecule has 97 heavy (non-hydrogen) atoms. The minimum absolute atomic E-state index is 0.105. The van der Waals surface area contributed by atoms with Crippen LogP contribution in [0.3, 0.4) is 0 Å².